The normalized spacial score (nSPS) is 12.6. The molecule has 1 unspecified atom stereocenters. The van der Waals surface area contributed by atoms with Crippen molar-refractivity contribution in [3.8, 4) is 5.75 Å². The Labute approximate surface area is 125 Å². The Morgan fingerprint density at radius 1 is 1.14 bits per heavy atom. The summed E-state index contributed by atoms with van der Waals surface area (Å²) in [7, 11) is 0. The molecule has 0 heterocycles. The third kappa shape index (κ3) is 8.63. The van der Waals surface area contributed by atoms with Gasteiger partial charge in [0.05, 0.1) is 0 Å². The van der Waals surface area contributed by atoms with Gasteiger partial charge in [-0.25, -0.2) is 0 Å². The van der Waals surface area contributed by atoms with E-state index in [0.29, 0.717) is 6.04 Å². The molecule has 5 heteroatoms. The number of aryl methyl sites for hydroxylation is 1. The first-order valence-corrected chi connectivity index (χ1v) is 7.50. The molecule has 2 N–H and O–H groups in total. The SMILES string of the molecule is CC(CCc1ccc(OC(F)F)cc1)NCCCCCO. The number of rotatable bonds is 11. The maximum absolute atomic E-state index is 12.0. The molecular weight excluding hydrogens is 276 g/mol. The van der Waals surface area contributed by atoms with Crippen LogP contribution in [0.1, 0.15) is 38.2 Å². The first-order chi connectivity index (χ1) is 10.1. The Morgan fingerprint density at radius 2 is 1.86 bits per heavy atom. The Bertz CT molecular complexity index is 371. The lowest BCUT2D eigenvalue weighted by molar-refractivity contribution is -0.0498. The van der Waals surface area contributed by atoms with E-state index in [-0.39, 0.29) is 12.4 Å². The van der Waals surface area contributed by atoms with Gasteiger partial charge in [-0.05, 0) is 63.3 Å². The summed E-state index contributed by atoms with van der Waals surface area (Å²) in [6, 6.07) is 7.22. The van der Waals surface area contributed by atoms with Crippen molar-refractivity contribution in [2.24, 2.45) is 0 Å². The van der Waals surface area contributed by atoms with Gasteiger partial charge in [0.2, 0.25) is 0 Å². The number of aliphatic hydroxyl groups is 1. The number of benzene rings is 1. The predicted molar refractivity (Wildman–Crippen MR) is 79.8 cm³/mol. The van der Waals surface area contributed by atoms with Crippen LogP contribution in [-0.2, 0) is 6.42 Å². The van der Waals surface area contributed by atoms with Crippen molar-refractivity contribution >= 4 is 0 Å². The summed E-state index contributed by atoms with van der Waals surface area (Å²) in [5.41, 5.74) is 1.12. The van der Waals surface area contributed by atoms with Crippen molar-refractivity contribution in [3.05, 3.63) is 29.8 Å². The summed E-state index contributed by atoms with van der Waals surface area (Å²) in [4.78, 5) is 0. The van der Waals surface area contributed by atoms with Crippen molar-refractivity contribution in [2.45, 2.75) is 51.7 Å². The van der Waals surface area contributed by atoms with E-state index in [1.54, 1.807) is 12.1 Å². The summed E-state index contributed by atoms with van der Waals surface area (Å²) in [6.07, 6.45) is 4.88. The minimum Gasteiger partial charge on any atom is -0.435 e. The van der Waals surface area contributed by atoms with Gasteiger partial charge in [-0.2, -0.15) is 8.78 Å². The zero-order valence-corrected chi connectivity index (χ0v) is 12.5. The topological polar surface area (TPSA) is 41.5 Å². The number of aliphatic hydroxyl groups excluding tert-OH is 1. The molecule has 0 saturated heterocycles. The van der Waals surface area contributed by atoms with Gasteiger partial charge < -0.3 is 15.2 Å². The maximum atomic E-state index is 12.0. The lowest BCUT2D eigenvalue weighted by Gasteiger charge is -2.14. The van der Waals surface area contributed by atoms with E-state index < -0.39 is 6.61 Å². The fourth-order valence-electron chi connectivity index (χ4n) is 2.08. The number of alkyl halides is 2. The van der Waals surface area contributed by atoms with E-state index in [1.807, 2.05) is 12.1 Å². The highest BCUT2D eigenvalue weighted by Gasteiger charge is 2.05. The molecule has 0 saturated carbocycles. The number of nitrogens with one attached hydrogen (secondary N) is 1. The molecule has 0 aliphatic carbocycles. The van der Waals surface area contributed by atoms with Crippen LogP contribution in [0.15, 0.2) is 24.3 Å². The molecule has 0 bridgehead atoms. The second-order valence-electron chi connectivity index (χ2n) is 5.20. The zero-order valence-electron chi connectivity index (χ0n) is 12.5. The molecule has 0 fully saturated rings. The van der Waals surface area contributed by atoms with Crippen LogP contribution in [0, 0.1) is 0 Å². The summed E-state index contributed by atoms with van der Waals surface area (Å²) in [5.74, 6) is 0.198. The second kappa shape index (κ2) is 10.5. The average Bonchev–Trinajstić information content (AvgIpc) is 2.46. The Kier molecular flexibility index (Phi) is 8.94. The smallest absolute Gasteiger partial charge is 0.387 e. The molecule has 3 nitrogen and oxygen atoms in total. The lowest BCUT2D eigenvalue weighted by Crippen LogP contribution is -2.27. The first-order valence-electron chi connectivity index (χ1n) is 7.50. The van der Waals surface area contributed by atoms with E-state index in [0.717, 1.165) is 44.2 Å². The number of ether oxygens (including phenoxy) is 1. The van der Waals surface area contributed by atoms with Crippen molar-refractivity contribution < 1.29 is 18.6 Å². The molecule has 0 amide bonds. The minimum absolute atomic E-state index is 0.198. The van der Waals surface area contributed by atoms with Gasteiger partial charge in [-0.3, -0.25) is 0 Å². The van der Waals surface area contributed by atoms with Crippen LogP contribution < -0.4 is 10.1 Å². The van der Waals surface area contributed by atoms with Gasteiger partial charge in [0, 0.05) is 12.6 Å². The van der Waals surface area contributed by atoms with E-state index in [1.165, 1.54) is 0 Å². The molecule has 1 aromatic carbocycles. The standard InChI is InChI=1S/C16H25F2NO2/c1-13(19-11-3-2-4-12-20)5-6-14-7-9-15(10-8-14)21-16(17)18/h7-10,13,16,19-20H,2-6,11-12H2,1H3. The van der Waals surface area contributed by atoms with Crippen LogP contribution >= 0.6 is 0 Å². The van der Waals surface area contributed by atoms with Crippen LogP contribution in [0.4, 0.5) is 8.78 Å². The molecule has 1 aromatic rings. The Hall–Kier alpha value is -1.20. The largest absolute Gasteiger partial charge is 0.435 e. The van der Waals surface area contributed by atoms with Gasteiger partial charge in [0.1, 0.15) is 5.75 Å². The van der Waals surface area contributed by atoms with Gasteiger partial charge >= 0.3 is 6.61 Å². The van der Waals surface area contributed by atoms with E-state index in [9.17, 15) is 8.78 Å². The fraction of sp³-hybridized carbons (Fsp3) is 0.625. The average molecular weight is 301 g/mol. The molecular formula is C16H25F2NO2. The van der Waals surface area contributed by atoms with E-state index in [4.69, 9.17) is 5.11 Å². The second-order valence-corrected chi connectivity index (χ2v) is 5.20. The molecule has 0 aliphatic rings. The molecule has 120 valence electrons. The Balaban J connectivity index is 2.18. The highest BCUT2D eigenvalue weighted by atomic mass is 19.3. The summed E-state index contributed by atoms with van der Waals surface area (Å²) in [5, 5.41) is 12.1. The van der Waals surface area contributed by atoms with Crippen LogP contribution in [0.5, 0.6) is 5.75 Å². The van der Waals surface area contributed by atoms with Gasteiger partial charge in [-0.15, -0.1) is 0 Å². The summed E-state index contributed by atoms with van der Waals surface area (Å²) < 4.78 is 28.4. The summed E-state index contributed by atoms with van der Waals surface area (Å²) in [6.45, 7) is 0.592. The van der Waals surface area contributed by atoms with Gasteiger partial charge in [0.15, 0.2) is 0 Å². The molecule has 0 aromatic heterocycles. The molecule has 1 rings (SSSR count). The van der Waals surface area contributed by atoms with Crippen LogP contribution in [0.3, 0.4) is 0 Å². The van der Waals surface area contributed by atoms with E-state index in [2.05, 4.69) is 17.0 Å². The third-order valence-corrected chi connectivity index (χ3v) is 3.34. The predicted octanol–water partition coefficient (Wildman–Crippen LogP) is 3.36. The number of halogens is 2. The van der Waals surface area contributed by atoms with Crippen LogP contribution in [-0.4, -0.2) is 30.9 Å². The van der Waals surface area contributed by atoms with Crippen molar-refractivity contribution in [3.63, 3.8) is 0 Å². The number of unbranched alkanes of at least 4 members (excludes halogenated alkanes) is 2. The summed E-state index contributed by atoms with van der Waals surface area (Å²) >= 11 is 0. The van der Waals surface area contributed by atoms with Gasteiger partial charge in [-0.1, -0.05) is 12.1 Å². The first kappa shape index (κ1) is 17.9. The highest BCUT2D eigenvalue weighted by Crippen LogP contribution is 2.16. The Morgan fingerprint density at radius 3 is 2.48 bits per heavy atom. The van der Waals surface area contributed by atoms with Crippen molar-refractivity contribution in [1.82, 2.24) is 5.32 Å². The fourth-order valence-corrected chi connectivity index (χ4v) is 2.08. The molecule has 1 atom stereocenters. The minimum atomic E-state index is -2.77. The maximum Gasteiger partial charge on any atom is 0.387 e. The number of hydrogen-bond acceptors (Lipinski definition) is 3. The zero-order chi connectivity index (χ0) is 15.5. The molecule has 0 spiro atoms. The lowest BCUT2D eigenvalue weighted by atomic mass is 10.1. The monoisotopic (exact) mass is 301 g/mol. The van der Waals surface area contributed by atoms with Crippen molar-refractivity contribution in [1.29, 1.82) is 0 Å². The van der Waals surface area contributed by atoms with Crippen LogP contribution in [0.2, 0.25) is 0 Å². The van der Waals surface area contributed by atoms with Crippen LogP contribution in [0.25, 0.3) is 0 Å². The third-order valence-electron chi connectivity index (χ3n) is 3.34. The van der Waals surface area contributed by atoms with Crippen molar-refractivity contribution in [2.75, 3.05) is 13.2 Å². The van der Waals surface area contributed by atoms with Gasteiger partial charge in [0.25, 0.3) is 0 Å². The van der Waals surface area contributed by atoms with E-state index >= 15 is 0 Å². The highest BCUT2D eigenvalue weighted by molar-refractivity contribution is 5.27. The number of hydrogen-bond donors (Lipinski definition) is 2. The molecule has 21 heavy (non-hydrogen) atoms. The molecule has 0 radical (unpaired) electrons. The molecule has 0 aliphatic heterocycles. The quantitative estimate of drug-likeness (QED) is 0.616.